The van der Waals surface area contributed by atoms with Crippen molar-refractivity contribution in [3.63, 3.8) is 0 Å². The molecule has 1 atom stereocenters. The van der Waals surface area contributed by atoms with E-state index < -0.39 is 5.60 Å². The van der Waals surface area contributed by atoms with Gasteiger partial charge in [-0.2, -0.15) is 0 Å². The van der Waals surface area contributed by atoms with Crippen LogP contribution in [0, 0.1) is 0 Å². The van der Waals surface area contributed by atoms with Gasteiger partial charge in [-0.3, -0.25) is 4.98 Å². The Kier molecular flexibility index (Phi) is 6.45. The van der Waals surface area contributed by atoms with Crippen molar-refractivity contribution in [3.8, 4) is 0 Å². The van der Waals surface area contributed by atoms with E-state index in [0.29, 0.717) is 6.54 Å². The molecule has 0 saturated carbocycles. The van der Waals surface area contributed by atoms with Crippen molar-refractivity contribution in [2.75, 3.05) is 13.1 Å². The third-order valence-corrected chi connectivity index (χ3v) is 2.68. The zero-order valence-electron chi connectivity index (χ0n) is 12.8. The van der Waals surface area contributed by atoms with Crippen molar-refractivity contribution in [3.05, 3.63) is 30.1 Å². The van der Waals surface area contributed by atoms with E-state index in [1.807, 2.05) is 32.9 Å². The molecule has 2 N–H and O–H groups in total. The minimum absolute atomic E-state index is 0.277. The van der Waals surface area contributed by atoms with Gasteiger partial charge >= 0.3 is 6.09 Å². The highest BCUT2D eigenvalue weighted by Gasteiger charge is 2.15. The van der Waals surface area contributed by atoms with Crippen LogP contribution in [0.5, 0.6) is 0 Å². The molecule has 0 spiro atoms. The second kappa shape index (κ2) is 7.85. The van der Waals surface area contributed by atoms with Gasteiger partial charge in [0.2, 0.25) is 0 Å². The number of ether oxygens (including phenoxy) is 1. The van der Waals surface area contributed by atoms with Crippen LogP contribution in [0.1, 0.15) is 45.7 Å². The molecule has 0 radical (unpaired) electrons. The zero-order chi connectivity index (χ0) is 15.0. The van der Waals surface area contributed by atoms with Gasteiger partial charge in [0.15, 0.2) is 0 Å². The Morgan fingerprint density at radius 2 is 1.95 bits per heavy atom. The van der Waals surface area contributed by atoms with Crippen LogP contribution in [0.15, 0.2) is 24.5 Å². The topological polar surface area (TPSA) is 63.2 Å². The first-order chi connectivity index (χ1) is 9.38. The SMILES string of the molecule is CC(NCCCNC(=O)OC(C)(C)C)c1ccncc1. The summed E-state index contributed by atoms with van der Waals surface area (Å²) in [7, 11) is 0. The van der Waals surface area contributed by atoms with E-state index >= 15 is 0 Å². The van der Waals surface area contributed by atoms with E-state index in [1.165, 1.54) is 5.56 Å². The number of carbonyl (C=O) groups excluding carboxylic acids is 1. The van der Waals surface area contributed by atoms with Crippen LogP contribution in [-0.2, 0) is 4.74 Å². The molecule has 112 valence electrons. The lowest BCUT2D eigenvalue weighted by molar-refractivity contribution is 0.0527. The average Bonchev–Trinajstić information content (AvgIpc) is 2.37. The van der Waals surface area contributed by atoms with Gasteiger partial charge in [-0.25, -0.2) is 4.79 Å². The molecular formula is C15H25N3O2. The smallest absolute Gasteiger partial charge is 0.407 e. The lowest BCUT2D eigenvalue weighted by atomic mass is 10.1. The quantitative estimate of drug-likeness (QED) is 0.786. The lowest BCUT2D eigenvalue weighted by Crippen LogP contribution is -2.34. The molecule has 1 amide bonds. The zero-order valence-corrected chi connectivity index (χ0v) is 12.8. The molecule has 5 heteroatoms. The highest BCUT2D eigenvalue weighted by atomic mass is 16.6. The van der Waals surface area contributed by atoms with E-state index in [4.69, 9.17) is 4.74 Å². The number of hydrogen-bond acceptors (Lipinski definition) is 4. The van der Waals surface area contributed by atoms with Crippen LogP contribution < -0.4 is 10.6 Å². The third-order valence-electron chi connectivity index (χ3n) is 2.68. The summed E-state index contributed by atoms with van der Waals surface area (Å²) >= 11 is 0. The standard InChI is InChI=1S/C15H25N3O2/c1-12(13-6-10-16-11-7-13)17-8-5-9-18-14(19)20-15(2,3)4/h6-7,10-12,17H,5,8-9H2,1-4H3,(H,18,19). The monoisotopic (exact) mass is 279 g/mol. The molecule has 0 aliphatic heterocycles. The van der Waals surface area contributed by atoms with Gasteiger partial charge in [-0.1, -0.05) is 0 Å². The van der Waals surface area contributed by atoms with E-state index in [9.17, 15) is 4.79 Å². The van der Waals surface area contributed by atoms with Gasteiger partial charge in [0.05, 0.1) is 0 Å². The van der Waals surface area contributed by atoms with Crippen molar-refractivity contribution in [1.29, 1.82) is 0 Å². The Morgan fingerprint density at radius 1 is 1.30 bits per heavy atom. The van der Waals surface area contributed by atoms with Gasteiger partial charge in [0, 0.05) is 25.0 Å². The summed E-state index contributed by atoms with van der Waals surface area (Å²) < 4.78 is 5.16. The van der Waals surface area contributed by atoms with Crippen molar-refractivity contribution in [2.24, 2.45) is 0 Å². The Balaban J connectivity index is 2.12. The molecule has 0 fully saturated rings. The Labute approximate surface area is 121 Å². The summed E-state index contributed by atoms with van der Waals surface area (Å²) in [5.41, 5.74) is 0.762. The molecule has 1 aromatic heterocycles. The molecule has 20 heavy (non-hydrogen) atoms. The number of hydrogen-bond donors (Lipinski definition) is 2. The van der Waals surface area contributed by atoms with Crippen LogP contribution in [0.2, 0.25) is 0 Å². The molecule has 1 aromatic rings. The minimum atomic E-state index is -0.446. The van der Waals surface area contributed by atoms with Crippen LogP contribution in [-0.4, -0.2) is 29.8 Å². The number of nitrogens with zero attached hydrogens (tertiary/aromatic N) is 1. The first-order valence-corrected chi connectivity index (χ1v) is 6.98. The number of nitrogens with one attached hydrogen (secondary N) is 2. The summed E-state index contributed by atoms with van der Waals surface area (Å²) in [6, 6.07) is 4.27. The van der Waals surface area contributed by atoms with Crippen LogP contribution in [0.3, 0.4) is 0 Å². The van der Waals surface area contributed by atoms with E-state index in [0.717, 1.165) is 13.0 Å². The molecule has 0 aliphatic rings. The average molecular weight is 279 g/mol. The fourth-order valence-electron chi connectivity index (χ4n) is 1.68. The number of aromatic nitrogens is 1. The molecule has 0 saturated heterocycles. The summed E-state index contributed by atoms with van der Waals surface area (Å²) in [6.45, 7) is 9.10. The summed E-state index contributed by atoms with van der Waals surface area (Å²) in [5, 5.41) is 6.14. The number of amides is 1. The van der Waals surface area contributed by atoms with Crippen LogP contribution >= 0.6 is 0 Å². The fourth-order valence-corrected chi connectivity index (χ4v) is 1.68. The second-order valence-corrected chi connectivity index (χ2v) is 5.74. The lowest BCUT2D eigenvalue weighted by Gasteiger charge is -2.19. The predicted octanol–water partition coefficient (Wildman–Crippen LogP) is 2.65. The van der Waals surface area contributed by atoms with Crippen molar-refractivity contribution in [1.82, 2.24) is 15.6 Å². The molecule has 0 bridgehead atoms. The molecule has 1 unspecified atom stereocenters. The Bertz CT molecular complexity index is 401. The van der Waals surface area contributed by atoms with Crippen LogP contribution in [0.25, 0.3) is 0 Å². The summed E-state index contributed by atoms with van der Waals surface area (Å²) in [6.07, 6.45) is 4.07. The maximum absolute atomic E-state index is 11.4. The Hall–Kier alpha value is -1.62. The van der Waals surface area contributed by atoms with Crippen molar-refractivity contribution < 1.29 is 9.53 Å². The van der Waals surface area contributed by atoms with Gasteiger partial charge in [-0.05, 0) is 58.4 Å². The number of pyridine rings is 1. The number of rotatable bonds is 6. The van der Waals surface area contributed by atoms with Gasteiger partial charge in [-0.15, -0.1) is 0 Å². The molecule has 1 heterocycles. The van der Waals surface area contributed by atoms with E-state index in [1.54, 1.807) is 12.4 Å². The van der Waals surface area contributed by atoms with Crippen molar-refractivity contribution in [2.45, 2.75) is 45.8 Å². The van der Waals surface area contributed by atoms with E-state index in [2.05, 4.69) is 22.5 Å². The fraction of sp³-hybridized carbons (Fsp3) is 0.600. The third kappa shape index (κ3) is 7.09. The molecule has 5 nitrogen and oxygen atoms in total. The summed E-state index contributed by atoms with van der Waals surface area (Å²) in [5.74, 6) is 0. The molecular weight excluding hydrogens is 254 g/mol. The maximum atomic E-state index is 11.4. The number of alkyl carbamates (subject to hydrolysis) is 1. The molecule has 0 aromatic carbocycles. The second-order valence-electron chi connectivity index (χ2n) is 5.74. The number of carbonyl (C=O) groups is 1. The highest BCUT2D eigenvalue weighted by molar-refractivity contribution is 5.67. The van der Waals surface area contributed by atoms with Gasteiger partial charge in [0.25, 0.3) is 0 Å². The highest BCUT2D eigenvalue weighted by Crippen LogP contribution is 2.09. The maximum Gasteiger partial charge on any atom is 0.407 e. The first kappa shape index (κ1) is 16.4. The largest absolute Gasteiger partial charge is 0.444 e. The van der Waals surface area contributed by atoms with Crippen LogP contribution in [0.4, 0.5) is 4.79 Å². The normalized spacial score (nSPS) is 12.8. The summed E-state index contributed by atoms with van der Waals surface area (Å²) in [4.78, 5) is 15.4. The first-order valence-electron chi connectivity index (χ1n) is 6.98. The predicted molar refractivity (Wildman–Crippen MR) is 79.5 cm³/mol. The van der Waals surface area contributed by atoms with Gasteiger partial charge in [0.1, 0.15) is 5.60 Å². The molecule has 0 aliphatic carbocycles. The van der Waals surface area contributed by atoms with Gasteiger partial charge < -0.3 is 15.4 Å². The minimum Gasteiger partial charge on any atom is -0.444 e. The molecule has 1 rings (SSSR count). The van der Waals surface area contributed by atoms with Crippen molar-refractivity contribution >= 4 is 6.09 Å². The van der Waals surface area contributed by atoms with E-state index in [-0.39, 0.29) is 12.1 Å². The Morgan fingerprint density at radius 3 is 2.55 bits per heavy atom.